The zero-order chi connectivity index (χ0) is 13.8. The van der Waals surface area contributed by atoms with Gasteiger partial charge in [0.25, 0.3) is 0 Å². The van der Waals surface area contributed by atoms with Gasteiger partial charge in [0, 0.05) is 43.6 Å². The molecule has 1 atom stereocenters. The molecule has 1 aromatic carbocycles. The normalized spacial score (nSPS) is 12.4. The predicted molar refractivity (Wildman–Crippen MR) is 79.3 cm³/mol. The molecule has 0 aliphatic heterocycles. The number of nitrogens with zero attached hydrogens (tertiary/aromatic N) is 2. The maximum Gasteiger partial charge on any atom is 0.0535 e. The van der Waals surface area contributed by atoms with Crippen molar-refractivity contribution in [2.24, 2.45) is 0 Å². The lowest BCUT2D eigenvalue weighted by Crippen LogP contribution is -2.18. The second-order valence-electron chi connectivity index (χ2n) is 5.11. The van der Waals surface area contributed by atoms with Crippen LogP contribution in [-0.2, 0) is 6.54 Å². The lowest BCUT2D eigenvalue weighted by atomic mass is 10.1. The van der Waals surface area contributed by atoms with Crippen molar-refractivity contribution in [3.8, 4) is 0 Å². The maximum absolute atomic E-state index is 4.03. The summed E-state index contributed by atoms with van der Waals surface area (Å²) in [5.41, 5.74) is 4.87. The highest BCUT2D eigenvalue weighted by molar-refractivity contribution is 5.46. The molecule has 0 amide bonds. The van der Waals surface area contributed by atoms with Crippen LogP contribution in [-0.4, -0.2) is 24.3 Å². The number of rotatable bonds is 5. The van der Waals surface area contributed by atoms with Crippen LogP contribution in [0, 0.1) is 6.92 Å². The minimum Gasteiger partial charge on any atom is -0.378 e. The first-order valence-corrected chi connectivity index (χ1v) is 6.57. The zero-order valence-corrected chi connectivity index (χ0v) is 12.1. The van der Waals surface area contributed by atoms with Crippen molar-refractivity contribution in [3.05, 3.63) is 47.3 Å². The molecule has 4 nitrogen and oxygen atoms in total. The summed E-state index contributed by atoms with van der Waals surface area (Å²) in [5, 5.41) is 10.5. The molecule has 0 saturated heterocycles. The Kier molecular flexibility index (Phi) is 4.22. The summed E-state index contributed by atoms with van der Waals surface area (Å²) in [7, 11) is 4.11. The number of aromatic nitrogens is 2. The van der Waals surface area contributed by atoms with Gasteiger partial charge in [-0.05, 0) is 31.5 Å². The molecular weight excluding hydrogens is 236 g/mol. The van der Waals surface area contributed by atoms with E-state index < -0.39 is 0 Å². The third kappa shape index (κ3) is 3.35. The zero-order valence-electron chi connectivity index (χ0n) is 12.1. The topological polar surface area (TPSA) is 44.0 Å². The molecule has 1 aromatic heterocycles. The number of aromatic amines is 1. The molecule has 1 unspecified atom stereocenters. The van der Waals surface area contributed by atoms with Gasteiger partial charge in [0.15, 0.2) is 0 Å². The fraction of sp³-hybridized carbons (Fsp3) is 0.400. The van der Waals surface area contributed by atoms with Crippen LogP contribution in [0.3, 0.4) is 0 Å². The Morgan fingerprint density at radius 3 is 2.47 bits per heavy atom. The Balaban J connectivity index is 1.96. The van der Waals surface area contributed by atoms with Crippen LogP contribution in [0.25, 0.3) is 0 Å². The fourth-order valence-electron chi connectivity index (χ4n) is 2.00. The SMILES string of the molecule is Cc1[nH]ncc1CNC(C)c1ccc(N(C)C)cc1. The second kappa shape index (κ2) is 5.89. The van der Waals surface area contributed by atoms with Crippen LogP contribution in [0.2, 0.25) is 0 Å². The number of hydrogen-bond acceptors (Lipinski definition) is 3. The summed E-state index contributed by atoms with van der Waals surface area (Å²) in [5.74, 6) is 0. The number of hydrogen-bond donors (Lipinski definition) is 2. The van der Waals surface area contributed by atoms with Crippen molar-refractivity contribution < 1.29 is 0 Å². The standard InChI is InChI=1S/C15H22N4/c1-11(16-9-14-10-17-18-12(14)2)13-5-7-15(8-6-13)19(3)4/h5-8,10-11,16H,9H2,1-4H3,(H,17,18). The van der Waals surface area contributed by atoms with Gasteiger partial charge in [-0.3, -0.25) is 5.10 Å². The number of H-pyrrole nitrogens is 1. The van der Waals surface area contributed by atoms with Gasteiger partial charge in [-0.2, -0.15) is 5.10 Å². The molecule has 0 bridgehead atoms. The molecule has 2 rings (SSSR count). The minimum absolute atomic E-state index is 0.325. The van der Waals surface area contributed by atoms with Crippen molar-refractivity contribution in [1.29, 1.82) is 0 Å². The number of anilines is 1. The quantitative estimate of drug-likeness (QED) is 0.866. The van der Waals surface area contributed by atoms with Crippen LogP contribution < -0.4 is 10.2 Å². The number of aryl methyl sites for hydroxylation is 1. The van der Waals surface area contributed by atoms with Gasteiger partial charge in [0.1, 0.15) is 0 Å². The predicted octanol–water partition coefficient (Wildman–Crippen LogP) is 2.63. The van der Waals surface area contributed by atoms with Crippen molar-refractivity contribution in [3.63, 3.8) is 0 Å². The number of nitrogens with one attached hydrogen (secondary N) is 2. The first-order chi connectivity index (χ1) is 9.08. The van der Waals surface area contributed by atoms with Crippen LogP contribution in [0.15, 0.2) is 30.5 Å². The summed E-state index contributed by atoms with van der Waals surface area (Å²) >= 11 is 0. The van der Waals surface area contributed by atoms with Gasteiger partial charge in [-0.1, -0.05) is 12.1 Å². The average molecular weight is 258 g/mol. The van der Waals surface area contributed by atoms with E-state index >= 15 is 0 Å². The van der Waals surface area contributed by atoms with E-state index in [9.17, 15) is 0 Å². The second-order valence-corrected chi connectivity index (χ2v) is 5.11. The molecule has 0 aliphatic rings. The lowest BCUT2D eigenvalue weighted by molar-refractivity contribution is 0.573. The first kappa shape index (κ1) is 13.6. The van der Waals surface area contributed by atoms with E-state index in [1.807, 2.05) is 13.1 Å². The Labute approximate surface area is 114 Å². The van der Waals surface area contributed by atoms with Crippen LogP contribution in [0.4, 0.5) is 5.69 Å². The Bertz CT molecular complexity index is 513. The molecule has 0 saturated carbocycles. The molecule has 2 aromatic rings. The van der Waals surface area contributed by atoms with Crippen LogP contribution in [0.1, 0.15) is 29.8 Å². The molecule has 1 heterocycles. The van der Waals surface area contributed by atoms with E-state index in [2.05, 4.69) is 65.7 Å². The van der Waals surface area contributed by atoms with Crippen molar-refractivity contribution in [2.45, 2.75) is 26.4 Å². The first-order valence-electron chi connectivity index (χ1n) is 6.57. The van der Waals surface area contributed by atoms with E-state index in [1.165, 1.54) is 16.8 Å². The summed E-state index contributed by atoms with van der Waals surface area (Å²) < 4.78 is 0. The molecule has 0 aliphatic carbocycles. The molecule has 0 fully saturated rings. The molecule has 0 radical (unpaired) electrons. The summed E-state index contributed by atoms with van der Waals surface area (Å²) in [4.78, 5) is 2.11. The van der Waals surface area contributed by atoms with E-state index in [1.54, 1.807) is 0 Å². The molecular formula is C15H22N4. The fourth-order valence-corrected chi connectivity index (χ4v) is 2.00. The van der Waals surface area contributed by atoms with Gasteiger partial charge in [-0.15, -0.1) is 0 Å². The van der Waals surface area contributed by atoms with Crippen LogP contribution in [0.5, 0.6) is 0 Å². The Morgan fingerprint density at radius 2 is 1.95 bits per heavy atom. The van der Waals surface area contributed by atoms with Crippen molar-refractivity contribution >= 4 is 5.69 Å². The third-order valence-electron chi connectivity index (χ3n) is 3.44. The Morgan fingerprint density at radius 1 is 1.26 bits per heavy atom. The van der Waals surface area contributed by atoms with E-state index in [4.69, 9.17) is 0 Å². The molecule has 102 valence electrons. The lowest BCUT2D eigenvalue weighted by Gasteiger charge is -2.17. The molecule has 2 N–H and O–H groups in total. The maximum atomic E-state index is 4.03. The van der Waals surface area contributed by atoms with E-state index in [0.717, 1.165) is 12.2 Å². The Hall–Kier alpha value is -1.81. The summed E-state index contributed by atoms with van der Waals surface area (Å²) in [6.07, 6.45) is 1.88. The largest absolute Gasteiger partial charge is 0.378 e. The van der Waals surface area contributed by atoms with Crippen molar-refractivity contribution in [1.82, 2.24) is 15.5 Å². The molecule has 4 heteroatoms. The average Bonchev–Trinajstić information content (AvgIpc) is 2.81. The third-order valence-corrected chi connectivity index (χ3v) is 3.44. The summed E-state index contributed by atoms with van der Waals surface area (Å²) in [6.45, 7) is 5.06. The number of benzene rings is 1. The van der Waals surface area contributed by atoms with Gasteiger partial charge in [-0.25, -0.2) is 0 Å². The van der Waals surface area contributed by atoms with Gasteiger partial charge >= 0.3 is 0 Å². The van der Waals surface area contributed by atoms with Gasteiger partial charge in [0.05, 0.1) is 6.20 Å². The highest BCUT2D eigenvalue weighted by Crippen LogP contribution is 2.18. The van der Waals surface area contributed by atoms with E-state index in [-0.39, 0.29) is 0 Å². The highest BCUT2D eigenvalue weighted by Gasteiger charge is 2.07. The summed E-state index contributed by atoms with van der Waals surface area (Å²) in [6, 6.07) is 8.98. The van der Waals surface area contributed by atoms with Gasteiger partial charge in [0.2, 0.25) is 0 Å². The smallest absolute Gasteiger partial charge is 0.0535 e. The van der Waals surface area contributed by atoms with Crippen LogP contribution >= 0.6 is 0 Å². The molecule has 0 spiro atoms. The minimum atomic E-state index is 0.325. The monoisotopic (exact) mass is 258 g/mol. The highest BCUT2D eigenvalue weighted by atomic mass is 15.1. The molecule has 19 heavy (non-hydrogen) atoms. The van der Waals surface area contributed by atoms with Crippen molar-refractivity contribution in [2.75, 3.05) is 19.0 Å². The van der Waals surface area contributed by atoms with Gasteiger partial charge < -0.3 is 10.2 Å². The van der Waals surface area contributed by atoms with E-state index in [0.29, 0.717) is 6.04 Å².